The number of carboxylic acid groups (broad SMARTS) is 1. The first kappa shape index (κ1) is 28.3. The summed E-state index contributed by atoms with van der Waals surface area (Å²) in [6.45, 7) is 2.95. The summed E-state index contributed by atoms with van der Waals surface area (Å²) in [5.74, 6) is -0.664. The van der Waals surface area contributed by atoms with Crippen LogP contribution in [0.4, 0.5) is 0 Å². The van der Waals surface area contributed by atoms with Gasteiger partial charge in [-0.3, -0.25) is 4.79 Å². The first-order chi connectivity index (χ1) is 13.2. The maximum atomic E-state index is 10.3. The Morgan fingerprint density at radius 1 is 0.741 bits per heavy atom. The van der Waals surface area contributed by atoms with Crippen molar-refractivity contribution < 1.29 is 24.9 Å². The molecule has 27 heavy (non-hydrogen) atoms. The van der Waals surface area contributed by atoms with Crippen LogP contribution in [0.2, 0.25) is 0 Å². The molecular weight excluding hydrogens is 344 g/mol. The van der Waals surface area contributed by atoms with Gasteiger partial charge in [0, 0.05) is 6.42 Å². The molecular formula is C22H44O5. The van der Waals surface area contributed by atoms with Crippen LogP contribution in [0.1, 0.15) is 96.8 Å². The van der Waals surface area contributed by atoms with Gasteiger partial charge in [-0.15, -0.1) is 0 Å². The lowest BCUT2D eigenvalue weighted by atomic mass is 10.1. The van der Waals surface area contributed by atoms with E-state index in [0.29, 0.717) is 19.6 Å². The van der Waals surface area contributed by atoms with E-state index in [0.717, 1.165) is 12.8 Å². The van der Waals surface area contributed by atoms with Crippen LogP contribution in [0.5, 0.6) is 0 Å². The van der Waals surface area contributed by atoms with E-state index in [1.807, 2.05) is 0 Å². The van der Waals surface area contributed by atoms with Gasteiger partial charge in [0.2, 0.25) is 0 Å². The highest BCUT2D eigenvalue weighted by Crippen LogP contribution is 2.09. The molecule has 0 unspecified atom stereocenters. The molecule has 0 aliphatic heterocycles. The van der Waals surface area contributed by atoms with Gasteiger partial charge >= 0.3 is 5.97 Å². The lowest BCUT2D eigenvalue weighted by Crippen LogP contribution is -2.03. The molecule has 0 aromatic heterocycles. The molecule has 0 saturated heterocycles. The van der Waals surface area contributed by atoms with E-state index in [-0.39, 0.29) is 13.2 Å². The molecule has 3 N–H and O–H groups in total. The number of aliphatic hydroxyl groups is 2. The smallest absolute Gasteiger partial charge is 0.303 e. The zero-order valence-corrected chi connectivity index (χ0v) is 17.5. The van der Waals surface area contributed by atoms with Crippen LogP contribution in [0.3, 0.4) is 0 Å². The van der Waals surface area contributed by atoms with Gasteiger partial charge in [0.25, 0.3) is 0 Å². The van der Waals surface area contributed by atoms with Gasteiger partial charge in [-0.25, -0.2) is 0 Å². The molecule has 0 aromatic carbocycles. The van der Waals surface area contributed by atoms with Crippen molar-refractivity contribution in [3.63, 3.8) is 0 Å². The molecule has 0 spiro atoms. The van der Waals surface area contributed by atoms with E-state index in [9.17, 15) is 4.79 Å². The first-order valence-electron chi connectivity index (χ1n) is 10.8. The summed E-state index contributed by atoms with van der Waals surface area (Å²) in [6.07, 6.45) is 21.2. The number of carboxylic acids is 1. The fourth-order valence-corrected chi connectivity index (χ4v) is 2.58. The number of hydrogen-bond donors (Lipinski definition) is 3. The zero-order valence-electron chi connectivity index (χ0n) is 17.5. The minimum atomic E-state index is -0.664. The Morgan fingerprint density at radius 3 is 1.63 bits per heavy atom. The number of allylic oxidation sites excluding steroid dienone is 2. The van der Waals surface area contributed by atoms with Crippen LogP contribution in [-0.2, 0) is 9.53 Å². The van der Waals surface area contributed by atoms with Crippen LogP contribution in [0.25, 0.3) is 0 Å². The monoisotopic (exact) mass is 388 g/mol. The molecule has 0 rings (SSSR count). The molecule has 0 amide bonds. The third-order valence-corrected chi connectivity index (χ3v) is 4.12. The number of aliphatic hydroxyl groups excluding tert-OH is 2. The summed E-state index contributed by atoms with van der Waals surface area (Å²) in [5.41, 5.74) is 0. The highest BCUT2D eigenvalue weighted by molar-refractivity contribution is 5.66. The van der Waals surface area contributed by atoms with Crippen LogP contribution >= 0.6 is 0 Å². The minimum Gasteiger partial charge on any atom is -0.481 e. The lowest BCUT2D eigenvalue weighted by Gasteiger charge is -1.99. The zero-order chi connectivity index (χ0) is 20.4. The maximum absolute atomic E-state index is 10.3. The normalized spacial score (nSPS) is 10.8. The number of rotatable bonds is 19. The number of ether oxygens (including phenoxy) is 1. The average Bonchev–Trinajstić information content (AvgIpc) is 2.65. The summed E-state index contributed by atoms with van der Waals surface area (Å²) in [6, 6.07) is 0. The Morgan fingerprint density at radius 2 is 1.19 bits per heavy atom. The van der Waals surface area contributed by atoms with E-state index in [1.54, 1.807) is 0 Å². The molecule has 0 saturated carbocycles. The number of carbonyl (C=O) groups is 1. The Bertz CT molecular complexity index is 301. The molecule has 162 valence electrons. The Labute approximate surface area is 166 Å². The second-order valence-corrected chi connectivity index (χ2v) is 6.79. The molecule has 0 radical (unpaired) electrons. The van der Waals surface area contributed by atoms with Gasteiger partial charge in [0.05, 0.1) is 26.4 Å². The summed E-state index contributed by atoms with van der Waals surface area (Å²) < 4.78 is 4.63. The second kappa shape index (κ2) is 27.3. The van der Waals surface area contributed by atoms with Gasteiger partial charge in [-0.05, 0) is 32.1 Å². The standard InChI is InChI=1S/C18H34O2.C4H10O3/c1-2-3-4-5-6-7-8-9-10-11-12-13-14-15-16-17-18(19)20;5-1-3-7-4-2-6/h9-10H,2-8,11-17H2,1H3,(H,19,20);5-6H,1-4H2. The second-order valence-electron chi connectivity index (χ2n) is 6.79. The fourth-order valence-electron chi connectivity index (χ4n) is 2.58. The van der Waals surface area contributed by atoms with Gasteiger partial charge in [-0.1, -0.05) is 70.4 Å². The molecule has 0 aromatic rings. The van der Waals surface area contributed by atoms with Crippen LogP contribution in [0, 0.1) is 0 Å². The molecule has 0 heterocycles. The predicted octanol–water partition coefficient (Wildman–Crippen LogP) is 5.10. The predicted molar refractivity (Wildman–Crippen MR) is 112 cm³/mol. The summed E-state index contributed by atoms with van der Waals surface area (Å²) in [4.78, 5) is 10.3. The third kappa shape index (κ3) is 33.1. The Balaban J connectivity index is 0. The van der Waals surface area contributed by atoms with E-state index in [1.165, 1.54) is 70.6 Å². The topological polar surface area (TPSA) is 87.0 Å². The van der Waals surface area contributed by atoms with Crippen molar-refractivity contribution in [2.24, 2.45) is 0 Å². The molecule has 0 atom stereocenters. The summed E-state index contributed by atoms with van der Waals surface area (Å²) >= 11 is 0. The summed E-state index contributed by atoms with van der Waals surface area (Å²) in [5, 5.41) is 24.7. The minimum absolute atomic E-state index is 0.0278. The molecule has 0 aliphatic carbocycles. The highest BCUT2D eigenvalue weighted by Gasteiger charge is 1.95. The molecule has 5 nitrogen and oxygen atoms in total. The maximum Gasteiger partial charge on any atom is 0.303 e. The first-order valence-corrected chi connectivity index (χ1v) is 10.8. The quantitative estimate of drug-likeness (QED) is 0.212. The van der Waals surface area contributed by atoms with Crippen LogP contribution in [0.15, 0.2) is 12.2 Å². The average molecular weight is 389 g/mol. The van der Waals surface area contributed by atoms with Crippen LogP contribution < -0.4 is 0 Å². The lowest BCUT2D eigenvalue weighted by molar-refractivity contribution is -0.137. The highest BCUT2D eigenvalue weighted by atomic mass is 16.5. The van der Waals surface area contributed by atoms with Crippen molar-refractivity contribution in [1.29, 1.82) is 0 Å². The number of aliphatic carboxylic acids is 1. The van der Waals surface area contributed by atoms with Crippen molar-refractivity contribution in [3.8, 4) is 0 Å². The Hall–Kier alpha value is -0.910. The van der Waals surface area contributed by atoms with Gasteiger partial charge in [-0.2, -0.15) is 0 Å². The van der Waals surface area contributed by atoms with Gasteiger partial charge in [0.15, 0.2) is 0 Å². The van der Waals surface area contributed by atoms with Crippen molar-refractivity contribution in [3.05, 3.63) is 12.2 Å². The molecule has 0 aliphatic rings. The summed E-state index contributed by atoms with van der Waals surface area (Å²) in [7, 11) is 0. The molecule has 0 bridgehead atoms. The Kier molecular flexibility index (Phi) is 28.6. The third-order valence-electron chi connectivity index (χ3n) is 4.12. The SMILES string of the molecule is CCCCCCCCC=CCCCCCCCC(=O)O.OCCOCCO. The molecule has 0 fully saturated rings. The van der Waals surface area contributed by atoms with E-state index >= 15 is 0 Å². The number of unbranched alkanes of at least 4 members (excludes halogenated alkanes) is 11. The van der Waals surface area contributed by atoms with Crippen molar-refractivity contribution in [2.45, 2.75) is 96.8 Å². The van der Waals surface area contributed by atoms with Crippen molar-refractivity contribution >= 4 is 5.97 Å². The van der Waals surface area contributed by atoms with Gasteiger partial charge in [0.1, 0.15) is 0 Å². The van der Waals surface area contributed by atoms with E-state index in [4.69, 9.17) is 15.3 Å². The largest absolute Gasteiger partial charge is 0.481 e. The molecule has 5 heteroatoms. The van der Waals surface area contributed by atoms with Crippen molar-refractivity contribution in [1.82, 2.24) is 0 Å². The van der Waals surface area contributed by atoms with Gasteiger partial charge < -0.3 is 20.1 Å². The van der Waals surface area contributed by atoms with Crippen molar-refractivity contribution in [2.75, 3.05) is 26.4 Å². The fraction of sp³-hybridized carbons (Fsp3) is 0.864. The van der Waals surface area contributed by atoms with E-state index < -0.39 is 5.97 Å². The van der Waals surface area contributed by atoms with Crippen LogP contribution in [-0.4, -0.2) is 47.7 Å². The number of hydrogen-bond acceptors (Lipinski definition) is 4. The van der Waals surface area contributed by atoms with E-state index in [2.05, 4.69) is 23.8 Å².